The Bertz CT molecular complexity index is 1130. The van der Waals surface area contributed by atoms with Gasteiger partial charge in [-0.25, -0.2) is 14.5 Å². The Hall–Kier alpha value is -3.23. The molecule has 1 unspecified atom stereocenters. The molecule has 4 aromatic rings. The molecule has 0 saturated heterocycles. The Morgan fingerprint density at radius 3 is 3.04 bits per heavy atom. The van der Waals surface area contributed by atoms with Crippen LogP contribution in [0.25, 0.3) is 22.4 Å². The third-order valence-electron chi connectivity index (χ3n) is 4.53. The molecule has 1 aliphatic heterocycles. The monoisotopic (exact) mass is 337 g/mol. The number of aryl methyl sites for hydroxylation is 2. The van der Waals surface area contributed by atoms with Crippen molar-refractivity contribution in [3.63, 3.8) is 0 Å². The van der Waals surface area contributed by atoms with Gasteiger partial charge in [-0.15, -0.1) is 0 Å². The van der Waals surface area contributed by atoms with Gasteiger partial charge >= 0.3 is 5.69 Å². The zero-order valence-corrected chi connectivity index (χ0v) is 13.5. The molecule has 9 heteroatoms. The third-order valence-corrected chi connectivity index (χ3v) is 4.53. The molecule has 0 aliphatic carbocycles. The van der Waals surface area contributed by atoms with E-state index in [-0.39, 0.29) is 11.6 Å². The van der Waals surface area contributed by atoms with Crippen molar-refractivity contribution in [2.24, 2.45) is 0 Å². The number of rotatable bonds is 2. The Balaban J connectivity index is 1.45. The second-order valence-electron chi connectivity index (χ2n) is 6.29. The summed E-state index contributed by atoms with van der Waals surface area (Å²) in [6, 6.07) is 5.52. The van der Waals surface area contributed by atoms with Crippen molar-refractivity contribution in [3.05, 3.63) is 46.2 Å². The lowest BCUT2D eigenvalue weighted by Crippen LogP contribution is -2.20. The molecule has 4 heterocycles. The van der Waals surface area contributed by atoms with Crippen molar-refractivity contribution in [1.29, 1.82) is 0 Å². The van der Waals surface area contributed by atoms with Crippen molar-refractivity contribution in [2.75, 3.05) is 0 Å². The molecule has 9 nitrogen and oxygen atoms in total. The summed E-state index contributed by atoms with van der Waals surface area (Å²) in [6.07, 6.45) is 1.75. The number of benzene rings is 1. The van der Waals surface area contributed by atoms with Crippen LogP contribution < -0.4 is 5.69 Å². The maximum absolute atomic E-state index is 11.4. The number of hydrogen-bond acceptors (Lipinski definition) is 6. The molecule has 126 valence electrons. The van der Waals surface area contributed by atoms with E-state index in [0.29, 0.717) is 23.8 Å². The van der Waals surface area contributed by atoms with Crippen LogP contribution >= 0.6 is 0 Å². The van der Waals surface area contributed by atoms with Gasteiger partial charge in [0.05, 0.1) is 23.5 Å². The summed E-state index contributed by atoms with van der Waals surface area (Å²) in [5, 5.41) is 8.51. The normalized spacial score (nSPS) is 17.1. The quantitative estimate of drug-likeness (QED) is 0.573. The molecule has 0 radical (unpaired) electrons. The topological polar surface area (TPSA) is 118 Å². The van der Waals surface area contributed by atoms with Gasteiger partial charge in [-0.05, 0) is 31.5 Å². The molecular weight excluding hydrogens is 322 g/mol. The average molecular weight is 337 g/mol. The van der Waals surface area contributed by atoms with Gasteiger partial charge in [-0.1, -0.05) is 5.16 Å². The van der Waals surface area contributed by atoms with Crippen LogP contribution in [0, 0.1) is 6.92 Å². The maximum Gasteiger partial charge on any atom is 0.323 e. The number of fused-ring (bicyclic) bond motifs is 2. The fourth-order valence-electron chi connectivity index (χ4n) is 3.33. The number of imidazole rings is 1. The fourth-order valence-corrected chi connectivity index (χ4v) is 3.33. The van der Waals surface area contributed by atoms with E-state index < -0.39 is 0 Å². The molecule has 1 aromatic carbocycles. The predicted molar refractivity (Wildman–Crippen MR) is 88.0 cm³/mol. The van der Waals surface area contributed by atoms with Crippen molar-refractivity contribution in [1.82, 2.24) is 34.9 Å². The first-order chi connectivity index (χ1) is 12.2. The van der Waals surface area contributed by atoms with E-state index in [4.69, 9.17) is 4.52 Å². The summed E-state index contributed by atoms with van der Waals surface area (Å²) in [7, 11) is 0. The number of nitrogens with one attached hydrogen (secondary N) is 2. The smallest absolute Gasteiger partial charge is 0.323 e. The Morgan fingerprint density at radius 1 is 1.24 bits per heavy atom. The molecule has 1 atom stereocenters. The van der Waals surface area contributed by atoms with E-state index in [1.807, 2.05) is 29.8 Å². The fraction of sp³-hybridized carbons (Fsp3) is 0.312. The number of aromatic amines is 2. The van der Waals surface area contributed by atoms with Gasteiger partial charge < -0.3 is 14.5 Å². The van der Waals surface area contributed by atoms with Gasteiger partial charge in [0.1, 0.15) is 11.6 Å². The summed E-state index contributed by atoms with van der Waals surface area (Å²) in [6.45, 7) is 2.59. The van der Waals surface area contributed by atoms with E-state index in [1.54, 1.807) is 0 Å². The SMILES string of the molecule is Cc1nc2n(n1)CC(c1nc(-c3ccc4[nH]c(=O)[nH]c4c3)no1)CC2. The van der Waals surface area contributed by atoms with E-state index >= 15 is 0 Å². The number of aromatic nitrogens is 7. The standard InChI is InChI=1S/C16H15N7O2/c1-8-17-13-5-3-10(7-23(13)21-8)15-20-14(22-25-15)9-2-4-11-12(6-9)19-16(24)18-11/h2,4,6,10H,3,5,7H2,1H3,(H2,18,19,24). The van der Waals surface area contributed by atoms with Crippen LogP contribution in [0.3, 0.4) is 0 Å². The highest BCUT2D eigenvalue weighted by molar-refractivity contribution is 5.79. The lowest BCUT2D eigenvalue weighted by atomic mass is 10.00. The molecule has 1 aliphatic rings. The van der Waals surface area contributed by atoms with Crippen molar-refractivity contribution >= 4 is 11.0 Å². The first kappa shape index (κ1) is 14.1. The van der Waals surface area contributed by atoms with Gasteiger partial charge in [0.25, 0.3) is 0 Å². The first-order valence-electron chi connectivity index (χ1n) is 8.12. The van der Waals surface area contributed by atoms with Crippen molar-refractivity contribution < 1.29 is 4.52 Å². The Morgan fingerprint density at radius 2 is 2.12 bits per heavy atom. The van der Waals surface area contributed by atoms with Gasteiger partial charge in [-0.2, -0.15) is 10.1 Å². The second-order valence-corrected chi connectivity index (χ2v) is 6.29. The molecule has 2 N–H and O–H groups in total. The molecule has 0 bridgehead atoms. The molecule has 0 fully saturated rings. The minimum absolute atomic E-state index is 0.130. The van der Waals surface area contributed by atoms with Crippen molar-refractivity contribution in [3.8, 4) is 11.4 Å². The predicted octanol–water partition coefficient (Wildman–Crippen LogP) is 1.54. The molecule has 25 heavy (non-hydrogen) atoms. The zero-order chi connectivity index (χ0) is 17.0. The second kappa shape index (κ2) is 5.13. The minimum Gasteiger partial charge on any atom is -0.339 e. The van der Waals surface area contributed by atoms with Crippen LogP contribution in [-0.2, 0) is 13.0 Å². The average Bonchev–Trinajstić information content (AvgIpc) is 3.28. The lowest BCUT2D eigenvalue weighted by Gasteiger charge is -2.18. The van der Waals surface area contributed by atoms with Crippen LogP contribution in [0.5, 0.6) is 0 Å². The summed E-state index contributed by atoms with van der Waals surface area (Å²) < 4.78 is 7.42. The third kappa shape index (κ3) is 2.35. The first-order valence-corrected chi connectivity index (χ1v) is 8.12. The molecule has 5 rings (SSSR count). The summed E-state index contributed by atoms with van der Waals surface area (Å²) in [5.41, 5.74) is 2.03. The van der Waals surface area contributed by atoms with E-state index in [1.165, 1.54) is 0 Å². The molecular formula is C16H15N7O2. The molecule has 0 amide bonds. The summed E-state index contributed by atoms with van der Waals surface area (Å²) in [5.74, 6) is 3.05. The van der Waals surface area contributed by atoms with E-state index in [0.717, 1.165) is 35.6 Å². The van der Waals surface area contributed by atoms with Crippen LogP contribution in [0.1, 0.15) is 29.9 Å². The van der Waals surface area contributed by atoms with Gasteiger partial charge in [-0.3, -0.25) is 0 Å². The summed E-state index contributed by atoms with van der Waals surface area (Å²) >= 11 is 0. The molecule has 0 spiro atoms. The van der Waals surface area contributed by atoms with Crippen molar-refractivity contribution in [2.45, 2.75) is 32.2 Å². The zero-order valence-electron chi connectivity index (χ0n) is 13.5. The lowest BCUT2D eigenvalue weighted by molar-refractivity contribution is 0.307. The maximum atomic E-state index is 11.4. The Labute approximate surface area is 141 Å². The van der Waals surface area contributed by atoms with Gasteiger partial charge in [0, 0.05) is 12.0 Å². The summed E-state index contributed by atoms with van der Waals surface area (Å²) in [4.78, 5) is 25.8. The number of hydrogen-bond donors (Lipinski definition) is 2. The largest absolute Gasteiger partial charge is 0.339 e. The van der Waals surface area contributed by atoms with E-state index in [2.05, 4.69) is 30.2 Å². The number of H-pyrrole nitrogens is 2. The van der Waals surface area contributed by atoms with Crippen LogP contribution in [-0.4, -0.2) is 34.9 Å². The van der Waals surface area contributed by atoms with E-state index in [9.17, 15) is 4.79 Å². The Kier molecular flexibility index (Phi) is 2.90. The highest BCUT2D eigenvalue weighted by Crippen LogP contribution is 2.28. The van der Waals surface area contributed by atoms with Gasteiger partial charge in [0.15, 0.2) is 0 Å². The van der Waals surface area contributed by atoms with Crippen LogP contribution in [0.15, 0.2) is 27.5 Å². The number of nitrogens with zero attached hydrogens (tertiary/aromatic N) is 5. The molecule has 3 aromatic heterocycles. The van der Waals surface area contributed by atoms with Crippen LogP contribution in [0.2, 0.25) is 0 Å². The van der Waals surface area contributed by atoms with Gasteiger partial charge in [0.2, 0.25) is 11.7 Å². The highest BCUT2D eigenvalue weighted by Gasteiger charge is 2.27. The molecule has 0 saturated carbocycles. The minimum atomic E-state index is -0.234. The highest BCUT2D eigenvalue weighted by atomic mass is 16.5. The van der Waals surface area contributed by atoms with Crippen LogP contribution in [0.4, 0.5) is 0 Å².